The summed E-state index contributed by atoms with van der Waals surface area (Å²) in [5, 5.41) is 4.39. The van der Waals surface area contributed by atoms with Crippen LogP contribution in [0.2, 0.25) is 15.1 Å². The molecule has 0 aliphatic carbocycles. The topological polar surface area (TPSA) is 21.3 Å². The Morgan fingerprint density at radius 2 is 1.67 bits per heavy atom. The second-order valence-electron chi connectivity index (χ2n) is 4.11. The molecule has 2 aromatic carbocycles. The first-order chi connectivity index (χ1) is 9.95. The van der Waals surface area contributed by atoms with Crippen molar-refractivity contribution in [1.82, 2.24) is 0 Å². The molecule has 0 fully saturated rings. The van der Waals surface area contributed by atoms with E-state index in [1.807, 2.05) is 0 Å². The second kappa shape index (κ2) is 7.16. The summed E-state index contributed by atoms with van der Waals surface area (Å²) in [7, 11) is 0. The standard InChI is InChI=1S/C14H10Cl3F2NO/c15-9-2-4-13(21-14(18)19)8(5-9)7-20-12-3-1-10(16)6-11(12)17/h1-6,14,20H,7H2. The molecule has 0 atom stereocenters. The summed E-state index contributed by atoms with van der Waals surface area (Å²) in [5.74, 6) is 0.0620. The monoisotopic (exact) mass is 351 g/mol. The highest BCUT2D eigenvalue weighted by Crippen LogP contribution is 2.28. The van der Waals surface area contributed by atoms with Gasteiger partial charge in [0.1, 0.15) is 5.75 Å². The highest BCUT2D eigenvalue weighted by Gasteiger charge is 2.11. The summed E-state index contributed by atoms with van der Waals surface area (Å²) < 4.78 is 29.2. The molecule has 0 spiro atoms. The molecule has 0 aliphatic heterocycles. The van der Waals surface area contributed by atoms with Gasteiger partial charge in [-0.15, -0.1) is 0 Å². The summed E-state index contributed by atoms with van der Waals surface area (Å²) in [4.78, 5) is 0. The van der Waals surface area contributed by atoms with Crippen molar-refractivity contribution in [3.8, 4) is 5.75 Å². The average molecular weight is 353 g/mol. The molecule has 112 valence electrons. The van der Waals surface area contributed by atoms with E-state index in [-0.39, 0.29) is 12.3 Å². The van der Waals surface area contributed by atoms with Crippen molar-refractivity contribution in [3.63, 3.8) is 0 Å². The van der Waals surface area contributed by atoms with Crippen molar-refractivity contribution in [3.05, 3.63) is 57.0 Å². The minimum absolute atomic E-state index is 0.0620. The van der Waals surface area contributed by atoms with E-state index in [2.05, 4.69) is 10.1 Å². The Balaban J connectivity index is 2.16. The summed E-state index contributed by atoms with van der Waals surface area (Å²) in [6.45, 7) is -2.67. The van der Waals surface area contributed by atoms with Crippen molar-refractivity contribution in [2.75, 3.05) is 5.32 Å². The second-order valence-corrected chi connectivity index (χ2v) is 5.39. The molecule has 1 N–H and O–H groups in total. The van der Waals surface area contributed by atoms with Gasteiger partial charge in [-0.1, -0.05) is 34.8 Å². The maximum absolute atomic E-state index is 12.4. The molecule has 0 bridgehead atoms. The molecule has 21 heavy (non-hydrogen) atoms. The normalized spacial score (nSPS) is 10.8. The number of benzene rings is 2. The third kappa shape index (κ3) is 4.63. The number of alkyl halides is 2. The molecule has 0 heterocycles. The van der Waals surface area contributed by atoms with E-state index in [1.54, 1.807) is 24.3 Å². The number of nitrogens with one attached hydrogen (secondary N) is 1. The fourth-order valence-electron chi connectivity index (χ4n) is 1.72. The lowest BCUT2D eigenvalue weighted by Crippen LogP contribution is -2.07. The third-order valence-corrected chi connectivity index (χ3v) is 3.42. The molecule has 0 saturated carbocycles. The Morgan fingerprint density at radius 1 is 1.00 bits per heavy atom. The van der Waals surface area contributed by atoms with E-state index >= 15 is 0 Å². The van der Waals surface area contributed by atoms with Gasteiger partial charge < -0.3 is 10.1 Å². The molecule has 2 nitrogen and oxygen atoms in total. The van der Waals surface area contributed by atoms with Crippen molar-refractivity contribution < 1.29 is 13.5 Å². The van der Waals surface area contributed by atoms with Crippen molar-refractivity contribution in [2.24, 2.45) is 0 Å². The fourth-order valence-corrected chi connectivity index (χ4v) is 2.39. The van der Waals surface area contributed by atoms with Gasteiger partial charge in [0.15, 0.2) is 0 Å². The molecule has 0 aromatic heterocycles. The highest BCUT2D eigenvalue weighted by atomic mass is 35.5. The molecular weight excluding hydrogens is 343 g/mol. The van der Waals surface area contributed by atoms with Gasteiger partial charge in [0, 0.05) is 22.2 Å². The lowest BCUT2D eigenvalue weighted by Gasteiger charge is -2.13. The Morgan fingerprint density at radius 3 is 2.33 bits per heavy atom. The molecular formula is C14H10Cl3F2NO. The van der Waals surface area contributed by atoms with Gasteiger partial charge in [0.2, 0.25) is 0 Å². The maximum atomic E-state index is 12.4. The van der Waals surface area contributed by atoms with Crippen LogP contribution in [-0.2, 0) is 6.54 Å². The Kier molecular flexibility index (Phi) is 5.51. The smallest absolute Gasteiger partial charge is 0.387 e. The van der Waals surface area contributed by atoms with E-state index in [0.29, 0.717) is 26.3 Å². The van der Waals surface area contributed by atoms with Crippen LogP contribution in [0, 0.1) is 0 Å². The first kappa shape index (κ1) is 16.1. The largest absolute Gasteiger partial charge is 0.434 e. The quantitative estimate of drug-likeness (QED) is 0.727. The summed E-state index contributed by atoms with van der Waals surface area (Å²) >= 11 is 17.7. The molecule has 0 aliphatic rings. The lowest BCUT2D eigenvalue weighted by atomic mass is 10.2. The van der Waals surface area contributed by atoms with Gasteiger partial charge in [-0.3, -0.25) is 0 Å². The maximum Gasteiger partial charge on any atom is 0.387 e. The van der Waals surface area contributed by atoms with Crippen LogP contribution < -0.4 is 10.1 Å². The molecule has 0 saturated heterocycles. The minimum Gasteiger partial charge on any atom is -0.434 e. The van der Waals surface area contributed by atoms with E-state index in [1.165, 1.54) is 12.1 Å². The van der Waals surface area contributed by atoms with Crippen LogP contribution in [-0.4, -0.2) is 6.61 Å². The average Bonchev–Trinajstić information content (AvgIpc) is 2.40. The lowest BCUT2D eigenvalue weighted by molar-refractivity contribution is -0.0504. The first-order valence-corrected chi connectivity index (χ1v) is 7.01. The Hall–Kier alpha value is -1.23. The third-order valence-electron chi connectivity index (χ3n) is 2.64. The summed E-state index contributed by atoms with van der Waals surface area (Å²) in [5.41, 5.74) is 1.12. The number of halogens is 5. The molecule has 7 heteroatoms. The van der Waals surface area contributed by atoms with E-state index in [0.717, 1.165) is 0 Å². The zero-order valence-corrected chi connectivity index (χ0v) is 12.8. The zero-order chi connectivity index (χ0) is 15.4. The Bertz CT molecular complexity index is 638. The van der Waals surface area contributed by atoms with Gasteiger partial charge in [-0.2, -0.15) is 8.78 Å². The number of anilines is 1. The van der Waals surface area contributed by atoms with Crippen molar-refractivity contribution in [2.45, 2.75) is 13.2 Å². The van der Waals surface area contributed by atoms with E-state index < -0.39 is 6.61 Å². The van der Waals surface area contributed by atoms with E-state index in [4.69, 9.17) is 34.8 Å². The molecule has 0 amide bonds. The van der Waals surface area contributed by atoms with Crippen molar-refractivity contribution >= 4 is 40.5 Å². The van der Waals surface area contributed by atoms with Gasteiger partial charge in [0.25, 0.3) is 0 Å². The van der Waals surface area contributed by atoms with E-state index in [9.17, 15) is 8.78 Å². The van der Waals surface area contributed by atoms with Crippen molar-refractivity contribution in [1.29, 1.82) is 0 Å². The van der Waals surface area contributed by atoms with Crippen LogP contribution in [0.5, 0.6) is 5.75 Å². The van der Waals surface area contributed by atoms with Crippen LogP contribution in [0.25, 0.3) is 0 Å². The molecule has 0 unspecified atom stereocenters. The summed E-state index contributed by atoms with van der Waals surface area (Å²) in [6.07, 6.45) is 0. The SMILES string of the molecule is FC(F)Oc1ccc(Cl)cc1CNc1ccc(Cl)cc1Cl. The number of hydrogen-bond acceptors (Lipinski definition) is 2. The predicted octanol–water partition coefficient (Wildman–Crippen LogP) is 5.86. The number of hydrogen-bond donors (Lipinski definition) is 1. The van der Waals surface area contributed by atoms with Gasteiger partial charge in [-0.25, -0.2) is 0 Å². The predicted molar refractivity (Wildman–Crippen MR) is 81.9 cm³/mol. The van der Waals surface area contributed by atoms with Crippen LogP contribution in [0.3, 0.4) is 0 Å². The fraction of sp³-hybridized carbons (Fsp3) is 0.143. The van der Waals surface area contributed by atoms with Crippen LogP contribution in [0.1, 0.15) is 5.56 Å². The van der Waals surface area contributed by atoms with Gasteiger partial charge in [0.05, 0.1) is 10.7 Å². The number of rotatable bonds is 5. The van der Waals surface area contributed by atoms with Gasteiger partial charge in [-0.05, 0) is 36.4 Å². The molecule has 0 radical (unpaired) electrons. The Labute approximate surface area is 135 Å². The first-order valence-electron chi connectivity index (χ1n) is 5.88. The minimum atomic E-state index is -2.90. The molecule has 2 aromatic rings. The highest BCUT2D eigenvalue weighted by molar-refractivity contribution is 6.36. The van der Waals surface area contributed by atoms with Crippen LogP contribution in [0.15, 0.2) is 36.4 Å². The van der Waals surface area contributed by atoms with Crippen LogP contribution in [0.4, 0.5) is 14.5 Å². The van der Waals surface area contributed by atoms with Gasteiger partial charge >= 0.3 is 6.61 Å². The molecule has 2 rings (SSSR count). The zero-order valence-electron chi connectivity index (χ0n) is 10.5. The number of ether oxygens (including phenoxy) is 1. The summed E-state index contributed by atoms with van der Waals surface area (Å²) in [6, 6.07) is 9.39. The van der Waals surface area contributed by atoms with Crippen LogP contribution >= 0.6 is 34.8 Å².